The number of hydrogen-bond donors (Lipinski definition) is 1. The number of rotatable bonds is 5. The number of carbonyl (C=O) groups is 2. The molecule has 1 saturated heterocycles. The highest BCUT2D eigenvalue weighted by Gasteiger charge is 2.34. The third-order valence-corrected chi connectivity index (χ3v) is 12.0. The molecule has 0 radical (unpaired) electrons. The van der Waals surface area contributed by atoms with Gasteiger partial charge in [-0.25, -0.2) is 14.4 Å². The maximum Gasteiger partial charge on any atom is 0.419 e. The largest absolute Gasteiger partial charge is 0.444 e. The quantitative estimate of drug-likeness (QED) is 0.184. The van der Waals surface area contributed by atoms with E-state index in [2.05, 4.69) is 32.4 Å². The molecule has 218 valence electrons. The third kappa shape index (κ3) is 4.45. The second kappa shape index (κ2) is 11.0. The van der Waals surface area contributed by atoms with Crippen LogP contribution in [0, 0.1) is 0 Å². The zero-order valence-electron chi connectivity index (χ0n) is 23.0. The number of thiol groups is 1. The topological polar surface area (TPSA) is 89.7 Å². The van der Waals surface area contributed by atoms with E-state index in [1.54, 1.807) is 32.1 Å². The van der Waals surface area contributed by atoms with E-state index in [1.807, 2.05) is 73.7 Å². The van der Waals surface area contributed by atoms with Crippen LogP contribution in [0.5, 0.6) is 0 Å². The number of hydrogen-bond acceptors (Lipinski definition) is 11. The predicted octanol–water partition coefficient (Wildman–Crippen LogP) is 8.77. The second-order valence-electron chi connectivity index (χ2n) is 10.0. The van der Waals surface area contributed by atoms with Crippen molar-refractivity contribution in [3.8, 4) is 10.4 Å². The highest BCUT2D eigenvalue weighted by molar-refractivity contribution is 8.23. The number of aromatic nitrogens is 3. The first-order valence-electron chi connectivity index (χ1n) is 13.7. The van der Waals surface area contributed by atoms with Crippen molar-refractivity contribution < 1.29 is 14.3 Å². The molecule has 8 nitrogen and oxygen atoms in total. The summed E-state index contributed by atoms with van der Waals surface area (Å²) >= 11 is 10.2. The predicted molar refractivity (Wildman–Crippen MR) is 186 cm³/mol. The monoisotopic (exact) mass is 671 g/mol. The first kappa shape index (κ1) is 27.8. The number of nitrogens with zero attached hydrogens (tertiary/aromatic N) is 5. The molecule has 1 unspecified atom stereocenters. The molecular weight excluding hydrogens is 651 g/mol. The minimum Gasteiger partial charge on any atom is -0.444 e. The minimum atomic E-state index is -0.421. The Morgan fingerprint density at radius 1 is 1.00 bits per heavy atom. The van der Waals surface area contributed by atoms with Gasteiger partial charge in [-0.05, 0) is 36.8 Å². The summed E-state index contributed by atoms with van der Waals surface area (Å²) in [7, 11) is 0. The van der Waals surface area contributed by atoms with Crippen LogP contribution in [0.2, 0.25) is 0 Å². The molecular formula is C31H21N5O3S5. The Kier molecular flexibility index (Phi) is 6.94. The van der Waals surface area contributed by atoms with E-state index in [0.29, 0.717) is 28.3 Å². The first-order valence-corrected chi connectivity index (χ1v) is 17.4. The Labute approximate surface area is 272 Å². The van der Waals surface area contributed by atoms with Crippen molar-refractivity contribution in [3.05, 3.63) is 78.4 Å². The fourth-order valence-electron chi connectivity index (χ4n) is 5.41. The third-order valence-electron chi connectivity index (χ3n) is 7.49. The Balaban J connectivity index is 1.24. The van der Waals surface area contributed by atoms with E-state index >= 15 is 0 Å². The fourth-order valence-corrected chi connectivity index (χ4v) is 9.98. The highest BCUT2D eigenvalue weighted by Crippen LogP contribution is 2.47. The van der Waals surface area contributed by atoms with Gasteiger partial charge in [0.05, 0.1) is 37.8 Å². The lowest BCUT2D eigenvalue weighted by atomic mass is 10.1. The van der Waals surface area contributed by atoms with Gasteiger partial charge in [0.15, 0.2) is 5.04 Å². The van der Waals surface area contributed by atoms with Gasteiger partial charge in [-0.2, -0.15) is 8.75 Å². The Morgan fingerprint density at radius 3 is 2.61 bits per heavy atom. The van der Waals surface area contributed by atoms with E-state index in [-0.39, 0.29) is 17.2 Å². The summed E-state index contributed by atoms with van der Waals surface area (Å²) in [5, 5.41) is 1.42. The molecule has 1 aliphatic heterocycles. The summed E-state index contributed by atoms with van der Waals surface area (Å²) in [4.78, 5) is 33.9. The summed E-state index contributed by atoms with van der Waals surface area (Å²) in [5.74, 6) is -0.133. The fraction of sp³-hybridized carbons (Fsp3) is 0.129. The number of fused-ring (bicyclic) bond motifs is 6. The Bertz CT molecular complexity index is 2280. The molecule has 0 N–H and O–H groups in total. The van der Waals surface area contributed by atoms with Crippen LogP contribution < -0.4 is 0 Å². The second-order valence-corrected chi connectivity index (χ2v) is 14.6. The molecule has 4 aromatic heterocycles. The molecule has 0 bridgehead atoms. The molecule has 5 heterocycles. The number of amides is 1. The highest BCUT2D eigenvalue weighted by atomic mass is 32.2. The van der Waals surface area contributed by atoms with Crippen LogP contribution in [0.4, 0.5) is 10.5 Å². The molecule has 1 amide bonds. The molecule has 0 spiro atoms. The lowest BCUT2D eigenvalue weighted by Gasteiger charge is -2.15. The van der Waals surface area contributed by atoms with E-state index in [0.717, 1.165) is 58.3 Å². The van der Waals surface area contributed by atoms with Crippen LogP contribution >= 0.6 is 58.8 Å². The van der Waals surface area contributed by atoms with Crippen LogP contribution in [0.25, 0.3) is 52.0 Å². The van der Waals surface area contributed by atoms with Gasteiger partial charge in [0, 0.05) is 27.1 Å². The van der Waals surface area contributed by atoms with E-state index in [1.165, 1.54) is 11.8 Å². The SMILES string of the molecule is CCN1C(=O)/C(=N\c2ccc(-c3cc4c(s3)c3sc5ccccc5c3n4C(=O)OCc3ccccc3)c3nsnc23)SC1S. The molecule has 8 rings (SSSR count). The van der Waals surface area contributed by atoms with Gasteiger partial charge in [0.2, 0.25) is 0 Å². The molecule has 7 aromatic rings. The van der Waals surface area contributed by atoms with Gasteiger partial charge >= 0.3 is 6.09 Å². The summed E-state index contributed by atoms with van der Waals surface area (Å²) in [6.07, 6.45) is -0.421. The van der Waals surface area contributed by atoms with Crippen molar-refractivity contribution in [3.63, 3.8) is 0 Å². The minimum absolute atomic E-state index is 0.133. The summed E-state index contributed by atoms with van der Waals surface area (Å²) < 4.78 is 19.6. The van der Waals surface area contributed by atoms with Gasteiger partial charge in [-0.3, -0.25) is 4.79 Å². The zero-order valence-corrected chi connectivity index (χ0v) is 27.1. The maximum atomic E-state index is 13.7. The number of thiophene rings is 2. The van der Waals surface area contributed by atoms with Crippen LogP contribution in [0.15, 0.2) is 77.8 Å². The summed E-state index contributed by atoms with van der Waals surface area (Å²) in [6.45, 7) is 2.67. The van der Waals surface area contributed by atoms with Gasteiger partial charge in [-0.1, -0.05) is 60.3 Å². The maximum absolute atomic E-state index is 13.7. The van der Waals surface area contributed by atoms with E-state index < -0.39 is 6.09 Å². The van der Waals surface area contributed by atoms with Gasteiger partial charge in [0.1, 0.15) is 22.3 Å². The lowest BCUT2D eigenvalue weighted by Crippen LogP contribution is -2.30. The van der Waals surface area contributed by atoms with Crippen molar-refractivity contribution in [2.75, 3.05) is 6.54 Å². The molecule has 0 aliphatic carbocycles. The first-order chi connectivity index (χ1) is 21.5. The van der Waals surface area contributed by atoms with Gasteiger partial charge in [0.25, 0.3) is 5.91 Å². The zero-order chi connectivity index (χ0) is 29.9. The van der Waals surface area contributed by atoms with Crippen LogP contribution in [-0.2, 0) is 16.1 Å². The summed E-state index contributed by atoms with van der Waals surface area (Å²) in [6, 6.07) is 23.7. The van der Waals surface area contributed by atoms with Crippen molar-refractivity contribution in [1.82, 2.24) is 18.2 Å². The number of thioether (sulfide) groups is 1. The molecule has 44 heavy (non-hydrogen) atoms. The van der Waals surface area contributed by atoms with Crippen LogP contribution in [0.3, 0.4) is 0 Å². The normalized spacial score (nSPS) is 16.4. The van der Waals surface area contributed by atoms with E-state index in [4.69, 9.17) is 4.74 Å². The average Bonchev–Trinajstić information content (AvgIpc) is 3.85. The molecule has 0 saturated carbocycles. The van der Waals surface area contributed by atoms with Gasteiger partial charge in [-0.15, -0.1) is 35.3 Å². The smallest absolute Gasteiger partial charge is 0.419 e. The molecule has 13 heteroatoms. The molecule has 1 fully saturated rings. The molecule has 3 aromatic carbocycles. The molecule has 1 atom stereocenters. The number of aliphatic imine (C=N–C) groups is 1. The van der Waals surface area contributed by atoms with Crippen LogP contribution in [0.1, 0.15) is 12.5 Å². The van der Waals surface area contributed by atoms with E-state index in [9.17, 15) is 9.59 Å². The van der Waals surface area contributed by atoms with Crippen molar-refractivity contribution in [1.29, 1.82) is 0 Å². The van der Waals surface area contributed by atoms with Crippen molar-refractivity contribution >= 4 is 123 Å². The molecule has 1 aliphatic rings. The summed E-state index contributed by atoms with van der Waals surface area (Å²) in [5.41, 5.74) is 5.41. The standard InChI is InChI=1S/C31H21N5O3S5/c1-2-35-29(37)28(43-31(35)40)32-19-13-12-17(23-24(19)34-44-33-23)22-14-20-26(42-22)27-25(18-10-6-7-11-21(18)41-27)36(20)30(38)39-15-16-8-4-3-5-9-16/h3-14,31,40H,2,15H2,1H3/b32-28+. The van der Waals surface area contributed by atoms with Crippen molar-refractivity contribution in [2.45, 2.75) is 18.2 Å². The number of carbonyl (C=O) groups excluding carboxylic acids is 2. The van der Waals surface area contributed by atoms with Gasteiger partial charge < -0.3 is 9.64 Å². The number of benzene rings is 3. The van der Waals surface area contributed by atoms with Crippen molar-refractivity contribution in [2.24, 2.45) is 4.99 Å². The Morgan fingerprint density at radius 2 is 1.80 bits per heavy atom. The average molecular weight is 672 g/mol. The van der Waals surface area contributed by atoms with Crippen LogP contribution in [-0.4, -0.2) is 46.5 Å². The lowest BCUT2D eigenvalue weighted by molar-refractivity contribution is -0.122. The number of ether oxygens (including phenoxy) is 1. The Hall–Kier alpha value is -3.75.